The Kier molecular flexibility index (Phi) is 6.18. The van der Waals surface area contributed by atoms with Gasteiger partial charge in [0, 0.05) is 32.1 Å². The molecule has 1 aliphatic heterocycles. The van der Waals surface area contributed by atoms with Crippen molar-refractivity contribution >= 4 is 29.1 Å². The molecule has 1 aliphatic rings. The number of H-pyrrole nitrogens is 1. The average Bonchev–Trinajstić information content (AvgIpc) is 3.10. The molecule has 9 heteroatoms. The summed E-state index contributed by atoms with van der Waals surface area (Å²) in [4.78, 5) is 30.3. The summed E-state index contributed by atoms with van der Waals surface area (Å²) in [6, 6.07) is 1.59. The number of amides is 2. The highest BCUT2D eigenvalue weighted by Crippen LogP contribution is 2.31. The van der Waals surface area contributed by atoms with Crippen LogP contribution in [0.5, 0.6) is 5.88 Å². The molecule has 2 N–H and O–H groups in total. The second kappa shape index (κ2) is 8.60. The fourth-order valence-electron chi connectivity index (χ4n) is 3.33. The van der Waals surface area contributed by atoms with Crippen molar-refractivity contribution in [1.82, 2.24) is 20.1 Å². The van der Waals surface area contributed by atoms with Gasteiger partial charge < -0.3 is 15.0 Å². The summed E-state index contributed by atoms with van der Waals surface area (Å²) in [5.74, 6) is 0.0998. The van der Waals surface area contributed by atoms with E-state index in [-0.39, 0.29) is 23.8 Å². The lowest BCUT2D eigenvalue weighted by Gasteiger charge is -2.32. The maximum absolute atomic E-state index is 13.0. The fourth-order valence-corrected chi connectivity index (χ4v) is 3.54. The molecule has 0 aliphatic carbocycles. The molecule has 0 saturated carbocycles. The summed E-state index contributed by atoms with van der Waals surface area (Å²) in [5.41, 5.74) is 1.92. The molecule has 3 heterocycles. The minimum Gasteiger partial charge on any atom is -0.474 e. The molecule has 8 nitrogen and oxygen atoms in total. The third-order valence-corrected chi connectivity index (χ3v) is 4.77. The number of hydrogen-bond donors (Lipinski definition) is 2. The number of carbonyl (C=O) groups excluding carboxylic acids is 2. The number of rotatable bonds is 5. The van der Waals surface area contributed by atoms with Gasteiger partial charge in [0.25, 0.3) is 5.91 Å². The number of ether oxygens (including phenoxy) is 1. The van der Waals surface area contributed by atoms with Gasteiger partial charge in [-0.15, -0.1) is 0 Å². The van der Waals surface area contributed by atoms with Crippen LogP contribution < -0.4 is 10.1 Å². The fraction of sp³-hybridized carbons (Fsp3) is 0.474. The van der Waals surface area contributed by atoms with E-state index in [1.54, 1.807) is 17.2 Å². The van der Waals surface area contributed by atoms with Crippen LogP contribution in [-0.4, -0.2) is 51.1 Å². The Balaban J connectivity index is 1.74. The van der Waals surface area contributed by atoms with Crippen LogP contribution in [0.25, 0.3) is 0 Å². The molecular weight excluding hydrogens is 382 g/mol. The van der Waals surface area contributed by atoms with Crippen molar-refractivity contribution in [2.75, 3.05) is 18.4 Å². The van der Waals surface area contributed by atoms with Crippen molar-refractivity contribution in [1.29, 1.82) is 0 Å². The number of nitrogens with one attached hydrogen (secondary N) is 2. The van der Waals surface area contributed by atoms with Crippen LogP contribution in [0.15, 0.2) is 18.5 Å². The van der Waals surface area contributed by atoms with E-state index >= 15 is 0 Å². The zero-order valence-corrected chi connectivity index (χ0v) is 16.9. The summed E-state index contributed by atoms with van der Waals surface area (Å²) in [6.07, 6.45) is 4.79. The molecule has 0 unspecified atom stereocenters. The predicted molar refractivity (Wildman–Crippen MR) is 106 cm³/mol. The van der Waals surface area contributed by atoms with Crippen LogP contribution in [0.4, 0.5) is 5.69 Å². The van der Waals surface area contributed by atoms with Gasteiger partial charge in [0.15, 0.2) is 0 Å². The van der Waals surface area contributed by atoms with Gasteiger partial charge in [-0.3, -0.25) is 14.7 Å². The van der Waals surface area contributed by atoms with E-state index in [9.17, 15) is 9.59 Å². The zero-order valence-electron chi connectivity index (χ0n) is 16.2. The standard InChI is InChI=1S/C19H24ClN5O3/c1-11(2)28-18-15(20)7-14(8-21-18)19(27)25-6-4-5-13(10-25)17-16(9-22-24-17)23-12(3)26/h7-9,11,13H,4-6,10H2,1-3H3,(H,22,24)(H,23,26)/t13-/m0/s1. The highest BCUT2D eigenvalue weighted by Gasteiger charge is 2.28. The van der Waals surface area contributed by atoms with Crippen molar-refractivity contribution in [3.05, 3.63) is 34.7 Å². The normalized spacial score (nSPS) is 16.9. The van der Waals surface area contributed by atoms with Crippen LogP contribution in [-0.2, 0) is 4.79 Å². The molecular formula is C19H24ClN5O3. The number of hydrogen-bond acceptors (Lipinski definition) is 5. The first-order chi connectivity index (χ1) is 13.3. The molecule has 150 valence electrons. The van der Waals surface area contributed by atoms with Crippen molar-refractivity contribution in [3.63, 3.8) is 0 Å². The number of carbonyl (C=O) groups is 2. The molecule has 3 rings (SSSR count). The molecule has 28 heavy (non-hydrogen) atoms. The van der Waals surface area contributed by atoms with Crippen LogP contribution in [0, 0.1) is 0 Å². The van der Waals surface area contributed by atoms with Crippen LogP contribution >= 0.6 is 11.6 Å². The van der Waals surface area contributed by atoms with Gasteiger partial charge in [-0.05, 0) is 32.8 Å². The Hall–Kier alpha value is -2.61. The van der Waals surface area contributed by atoms with E-state index in [1.165, 1.54) is 13.1 Å². The predicted octanol–water partition coefficient (Wildman–Crippen LogP) is 3.22. The highest BCUT2D eigenvalue weighted by molar-refractivity contribution is 6.32. The molecule has 0 spiro atoms. The second-order valence-corrected chi connectivity index (χ2v) is 7.55. The molecule has 1 atom stereocenters. The van der Waals surface area contributed by atoms with Crippen molar-refractivity contribution in [2.24, 2.45) is 0 Å². The Labute approximate surface area is 168 Å². The van der Waals surface area contributed by atoms with E-state index in [0.29, 0.717) is 35.2 Å². The van der Waals surface area contributed by atoms with Crippen molar-refractivity contribution in [2.45, 2.75) is 45.6 Å². The Morgan fingerprint density at radius 3 is 2.86 bits per heavy atom. The van der Waals surface area contributed by atoms with Crippen LogP contribution in [0.1, 0.15) is 55.6 Å². The number of aromatic nitrogens is 3. The third kappa shape index (κ3) is 4.62. The lowest BCUT2D eigenvalue weighted by Crippen LogP contribution is -2.39. The van der Waals surface area contributed by atoms with E-state index in [4.69, 9.17) is 16.3 Å². The highest BCUT2D eigenvalue weighted by atomic mass is 35.5. The molecule has 0 radical (unpaired) electrons. The lowest BCUT2D eigenvalue weighted by molar-refractivity contribution is -0.114. The Morgan fingerprint density at radius 1 is 1.39 bits per heavy atom. The van der Waals surface area contributed by atoms with Crippen LogP contribution in [0.2, 0.25) is 5.02 Å². The molecule has 2 amide bonds. The van der Waals surface area contributed by atoms with Gasteiger partial charge in [0.2, 0.25) is 11.8 Å². The lowest BCUT2D eigenvalue weighted by atomic mass is 9.93. The number of halogens is 1. The van der Waals surface area contributed by atoms with E-state index < -0.39 is 0 Å². The molecule has 2 aromatic rings. The largest absolute Gasteiger partial charge is 0.474 e. The first kappa shape index (κ1) is 20.1. The quantitative estimate of drug-likeness (QED) is 0.795. The first-order valence-electron chi connectivity index (χ1n) is 9.27. The maximum Gasteiger partial charge on any atom is 0.255 e. The third-order valence-electron chi connectivity index (χ3n) is 4.50. The van der Waals surface area contributed by atoms with Crippen LogP contribution in [0.3, 0.4) is 0 Å². The number of anilines is 1. The van der Waals surface area contributed by atoms with Gasteiger partial charge in [-0.1, -0.05) is 11.6 Å². The second-order valence-electron chi connectivity index (χ2n) is 7.15. The van der Waals surface area contributed by atoms with Crippen molar-refractivity contribution < 1.29 is 14.3 Å². The minimum atomic E-state index is -0.157. The smallest absolute Gasteiger partial charge is 0.255 e. The average molecular weight is 406 g/mol. The van der Waals surface area contributed by atoms with Gasteiger partial charge in [-0.2, -0.15) is 5.10 Å². The van der Waals surface area contributed by atoms with E-state index in [0.717, 1.165) is 18.5 Å². The maximum atomic E-state index is 13.0. The van der Waals surface area contributed by atoms with Crippen molar-refractivity contribution in [3.8, 4) is 5.88 Å². The van der Waals surface area contributed by atoms with E-state index in [1.807, 2.05) is 13.8 Å². The Bertz CT molecular complexity index is 867. The molecule has 0 aromatic carbocycles. The monoisotopic (exact) mass is 405 g/mol. The minimum absolute atomic E-state index is 0.0541. The van der Waals surface area contributed by atoms with Gasteiger partial charge in [0.05, 0.1) is 29.2 Å². The summed E-state index contributed by atoms with van der Waals surface area (Å²) < 4.78 is 5.52. The summed E-state index contributed by atoms with van der Waals surface area (Å²) in [5, 5.41) is 10.1. The number of nitrogens with zero attached hydrogens (tertiary/aromatic N) is 3. The van der Waals surface area contributed by atoms with E-state index in [2.05, 4.69) is 20.5 Å². The van der Waals surface area contributed by atoms with Gasteiger partial charge in [-0.25, -0.2) is 4.98 Å². The first-order valence-corrected chi connectivity index (χ1v) is 9.65. The number of pyridine rings is 1. The Morgan fingerprint density at radius 2 is 2.18 bits per heavy atom. The number of piperidine rings is 1. The topological polar surface area (TPSA) is 100 Å². The summed E-state index contributed by atoms with van der Waals surface area (Å²) >= 11 is 6.22. The molecule has 1 fully saturated rings. The zero-order chi connectivity index (χ0) is 20.3. The van der Waals surface area contributed by atoms with Gasteiger partial charge in [0.1, 0.15) is 5.02 Å². The summed E-state index contributed by atoms with van der Waals surface area (Å²) in [6.45, 7) is 6.40. The molecule has 0 bridgehead atoms. The SMILES string of the molecule is CC(=O)Nc1cn[nH]c1[C@H]1CCCN(C(=O)c2cnc(OC(C)C)c(Cl)c2)C1. The van der Waals surface area contributed by atoms with Gasteiger partial charge >= 0.3 is 0 Å². The molecule has 2 aromatic heterocycles. The summed E-state index contributed by atoms with van der Waals surface area (Å²) in [7, 11) is 0. The number of aromatic amines is 1. The molecule has 1 saturated heterocycles. The number of likely N-dealkylation sites (tertiary alicyclic amines) is 1.